The molecule has 4 rings (SSSR count). The van der Waals surface area contributed by atoms with E-state index in [-0.39, 0.29) is 17.5 Å². The third-order valence-corrected chi connectivity index (χ3v) is 5.34. The molecule has 1 fully saturated rings. The van der Waals surface area contributed by atoms with Gasteiger partial charge in [0.2, 0.25) is 0 Å². The summed E-state index contributed by atoms with van der Waals surface area (Å²) in [5.74, 6) is 0.576. The number of hydrogen-bond acceptors (Lipinski definition) is 5. The monoisotopic (exact) mass is 380 g/mol. The molecule has 0 spiro atoms. The van der Waals surface area contributed by atoms with E-state index in [0.29, 0.717) is 35.7 Å². The van der Waals surface area contributed by atoms with Crippen LogP contribution in [0.5, 0.6) is 0 Å². The second-order valence-electron chi connectivity index (χ2n) is 7.27. The Kier molecular flexibility index (Phi) is 4.70. The molecule has 0 unspecified atom stereocenters. The number of carbonyl (C=O) groups excluding carboxylic acids is 1. The van der Waals surface area contributed by atoms with Gasteiger partial charge in [0.05, 0.1) is 23.0 Å². The van der Waals surface area contributed by atoms with Crippen LogP contribution in [0.2, 0.25) is 0 Å². The standard InChI is InChI=1S/C20H24N6O2/c1-4-14-9-19(27)26-18(23-14)10-16(24-26)17-7-5-6-8-25(17)20(28)15-11-21-13(3)22-12(15)2/h9-11,17,24H,4-8H2,1-3H3/t17-/m0/s1. The average molecular weight is 380 g/mol. The molecule has 146 valence electrons. The molecule has 0 saturated carbocycles. The molecule has 1 atom stereocenters. The fourth-order valence-electron chi connectivity index (χ4n) is 3.86. The molecule has 28 heavy (non-hydrogen) atoms. The van der Waals surface area contributed by atoms with Gasteiger partial charge in [-0.05, 0) is 39.5 Å². The Labute approximate surface area is 162 Å². The van der Waals surface area contributed by atoms with Crippen molar-refractivity contribution in [3.05, 3.63) is 57.2 Å². The first-order valence-electron chi connectivity index (χ1n) is 9.70. The van der Waals surface area contributed by atoms with Crippen LogP contribution in [-0.2, 0) is 6.42 Å². The van der Waals surface area contributed by atoms with Crippen molar-refractivity contribution in [2.75, 3.05) is 6.54 Å². The number of rotatable bonds is 3. The van der Waals surface area contributed by atoms with Crippen molar-refractivity contribution in [2.45, 2.75) is 52.5 Å². The molecule has 0 aromatic carbocycles. The fourth-order valence-corrected chi connectivity index (χ4v) is 3.86. The van der Waals surface area contributed by atoms with E-state index >= 15 is 0 Å². The highest BCUT2D eigenvalue weighted by Crippen LogP contribution is 2.32. The minimum absolute atomic E-state index is 0.0737. The quantitative estimate of drug-likeness (QED) is 0.752. The van der Waals surface area contributed by atoms with E-state index in [0.717, 1.165) is 30.7 Å². The topological polar surface area (TPSA) is 96.2 Å². The summed E-state index contributed by atoms with van der Waals surface area (Å²) in [6, 6.07) is 3.30. The number of H-pyrrole nitrogens is 1. The minimum atomic E-state index is -0.135. The zero-order valence-electron chi connectivity index (χ0n) is 16.4. The van der Waals surface area contributed by atoms with Crippen molar-refractivity contribution in [3.63, 3.8) is 0 Å². The van der Waals surface area contributed by atoms with Crippen LogP contribution in [0.25, 0.3) is 5.65 Å². The number of aromatic nitrogens is 5. The van der Waals surface area contributed by atoms with Crippen LogP contribution in [0, 0.1) is 13.8 Å². The summed E-state index contributed by atoms with van der Waals surface area (Å²) in [5, 5.41) is 3.16. The number of aryl methyl sites for hydroxylation is 3. The van der Waals surface area contributed by atoms with Gasteiger partial charge in [0.1, 0.15) is 5.82 Å². The molecule has 0 bridgehead atoms. The van der Waals surface area contributed by atoms with E-state index in [1.54, 1.807) is 12.3 Å². The molecule has 4 heterocycles. The van der Waals surface area contributed by atoms with Gasteiger partial charge in [-0.25, -0.2) is 19.5 Å². The third-order valence-electron chi connectivity index (χ3n) is 5.34. The maximum absolute atomic E-state index is 13.2. The lowest BCUT2D eigenvalue weighted by atomic mass is 9.98. The Balaban J connectivity index is 1.73. The predicted octanol–water partition coefficient (Wildman–Crippen LogP) is 2.36. The highest BCUT2D eigenvalue weighted by molar-refractivity contribution is 5.95. The van der Waals surface area contributed by atoms with Gasteiger partial charge >= 0.3 is 0 Å². The molecule has 0 aliphatic carbocycles. The molecule has 8 heteroatoms. The fraction of sp³-hybridized carbons (Fsp3) is 0.450. The molecule has 0 radical (unpaired) electrons. The van der Waals surface area contributed by atoms with Crippen LogP contribution in [0.15, 0.2) is 23.1 Å². The maximum Gasteiger partial charge on any atom is 0.272 e. The highest BCUT2D eigenvalue weighted by atomic mass is 16.2. The van der Waals surface area contributed by atoms with Crippen molar-refractivity contribution >= 4 is 11.6 Å². The summed E-state index contributed by atoms with van der Waals surface area (Å²) in [7, 11) is 0. The number of amides is 1. The first kappa shape index (κ1) is 18.3. The summed E-state index contributed by atoms with van der Waals surface area (Å²) in [4.78, 5) is 40.5. The molecular formula is C20H24N6O2. The number of piperidine rings is 1. The van der Waals surface area contributed by atoms with Gasteiger partial charge in [0.25, 0.3) is 11.5 Å². The summed E-state index contributed by atoms with van der Waals surface area (Å²) < 4.78 is 1.45. The van der Waals surface area contributed by atoms with Gasteiger partial charge in [-0.3, -0.25) is 14.7 Å². The van der Waals surface area contributed by atoms with Crippen molar-refractivity contribution in [1.29, 1.82) is 0 Å². The SMILES string of the molecule is CCc1cc(=O)n2[nH]c([C@@H]3CCCCN3C(=O)c3cnc(C)nc3C)cc2n1. The number of hydrogen-bond donors (Lipinski definition) is 1. The number of nitrogens with zero attached hydrogens (tertiary/aromatic N) is 5. The van der Waals surface area contributed by atoms with Crippen molar-refractivity contribution in [3.8, 4) is 0 Å². The van der Waals surface area contributed by atoms with E-state index in [1.807, 2.05) is 31.7 Å². The first-order valence-corrected chi connectivity index (χ1v) is 9.70. The van der Waals surface area contributed by atoms with Gasteiger partial charge in [-0.1, -0.05) is 6.92 Å². The number of likely N-dealkylation sites (tertiary alicyclic amines) is 1. The zero-order valence-corrected chi connectivity index (χ0v) is 16.4. The van der Waals surface area contributed by atoms with Gasteiger partial charge in [0.15, 0.2) is 5.65 Å². The largest absolute Gasteiger partial charge is 0.330 e. The zero-order chi connectivity index (χ0) is 19.8. The van der Waals surface area contributed by atoms with E-state index in [9.17, 15) is 9.59 Å². The molecule has 1 saturated heterocycles. The second-order valence-corrected chi connectivity index (χ2v) is 7.27. The summed E-state index contributed by atoms with van der Waals surface area (Å²) in [6.07, 6.45) is 5.12. The van der Waals surface area contributed by atoms with Gasteiger partial charge in [0, 0.05) is 30.6 Å². The molecular weight excluding hydrogens is 356 g/mol. The summed E-state index contributed by atoms with van der Waals surface area (Å²) in [5.41, 5.74) is 3.26. The Morgan fingerprint density at radius 2 is 2.07 bits per heavy atom. The predicted molar refractivity (Wildman–Crippen MR) is 104 cm³/mol. The second kappa shape index (κ2) is 7.18. The number of carbonyl (C=O) groups is 1. The smallest absolute Gasteiger partial charge is 0.272 e. The molecule has 3 aromatic rings. The summed E-state index contributed by atoms with van der Waals surface area (Å²) in [6.45, 7) is 6.28. The van der Waals surface area contributed by atoms with E-state index in [4.69, 9.17) is 0 Å². The molecule has 1 amide bonds. The third kappa shape index (κ3) is 3.19. The van der Waals surface area contributed by atoms with Gasteiger partial charge in [-0.15, -0.1) is 0 Å². The average Bonchev–Trinajstić information content (AvgIpc) is 3.12. The van der Waals surface area contributed by atoms with Crippen LogP contribution >= 0.6 is 0 Å². The molecule has 3 aromatic heterocycles. The van der Waals surface area contributed by atoms with Crippen molar-refractivity contribution < 1.29 is 4.79 Å². The van der Waals surface area contributed by atoms with Gasteiger partial charge < -0.3 is 4.90 Å². The lowest BCUT2D eigenvalue weighted by Crippen LogP contribution is -2.39. The lowest BCUT2D eigenvalue weighted by molar-refractivity contribution is 0.0604. The highest BCUT2D eigenvalue weighted by Gasteiger charge is 2.31. The number of fused-ring (bicyclic) bond motifs is 1. The van der Waals surface area contributed by atoms with E-state index in [2.05, 4.69) is 20.1 Å². The van der Waals surface area contributed by atoms with Crippen LogP contribution in [0.1, 0.15) is 65.5 Å². The minimum Gasteiger partial charge on any atom is -0.330 e. The van der Waals surface area contributed by atoms with Crippen molar-refractivity contribution in [2.24, 2.45) is 0 Å². The Morgan fingerprint density at radius 1 is 1.25 bits per heavy atom. The molecule has 1 N–H and O–H groups in total. The molecule has 1 aliphatic rings. The maximum atomic E-state index is 13.2. The lowest BCUT2D eigenvalue weighted by Gasteiger charge is -2.35. The first-order chi connectivity index (χ1) is 13.5. The van der Waals surface area contributed by atoms with Crippen LogP contribution in [-0.4, -0.2) is 41.9 Å². The normalized spacial score (nSPS) is 17.2. The number of aromatic amines is 1. The van der Waals surface area contributed by atoms with Crippen LogP contribution in [0.4, 0.5) is 0 Å². The Hall–Kier alpha value is -3.03. The molecule has 1 aliphatic heterocycles. The summed E-state index contributed by atoms with van der Waals surface area (Å²) >= 11 is 0. The van der Waals surface area contributed by atoms with Gasteiger partial charge in [-0.2, -0.15) is 0 Å². The number of nitrogens with one attached hydrogen (secondary N) is 1. The molecule has 8 nitrogen and oxygen atoms in total. The van der Waals surface area contributed by atoms with E-state index in [1.165, 1.54) is 4.52 Å². The van der Waals surface area contributed by atoms with Crippen LogP contribution < -0.4 is 5.56 Å². The van der Waals surface area contributed by atoms with Crippen molar-refractivity contribution in [1.82, 2.24) is 29.5 Å². The Bertz CT molecular complexity index is 1100. The van der Waals surface area contributed by atoms with Crippen LogP contribution in [0.3, 0.4) is 0 Å². The van der Waals surface area contributed by atoms with E-state index < -0.39 is 0 Å². The Morgan fingerprint density at radius 3 is 2.82 bits per heavy atom.